The number of carbonyl (C=O) groups excluding carboxylic acids is 2. The Bertz CT molecular complexity index is 631. The zero-order valence-corrected chi connectivity index (χ0v) is 14.4. The van der Waals surface area contributed by atoms with Crippen molar-refractivity contribution in [3.63, 3.8) is 0 Å². The van der Waals surface area contributed by atoms with E-state index in [1.54, 1.807) is 36.0 Å². The zero-order valence-electron chi connectivity index (χ0n) is 13.5. The number of para-hydroxylation sites is 1. The van der Waals surface area contributed by atoms with Crippen LogP contribution in [0.2, 0.25) is 0 Å². The van der Waals surface area contributed by atoms with E-state index in [9.17, 15) is 9.59 Å². The Morgan fingerprint density at radius 3 is 2.75 bits per heavy atom. The van der Waals surface area contributed by atoms with Crippen LogP contribution in [0, 0.1) is 11.8 Å². The minimum absolute atomic E-state index is 0.0150. The van der Waals surface area contributed by atoms with Gasteiger partial charge in [0.15, 0.2) is 0 Å². The normalized spacial score (nSPS) is 13.8. The highest BCUT2D eigenvalue weighted by Gasteiger charge is 2.16. The van der Waals surface area contributed by atoms with Crippen molar-refractivity contribution in [3.05, 3.63) is 29.8 Å². The fraction of sp³-hybridized carbons (Fsp3) is 0.444. The monoisotopic (exact) mass is 346 g/mol. The van der Waals surface area contributed by atoms with Crippen molar-refractivity contribution in [2.45, 2.75) is 30.9 Å². The maximum absolute atomic E-state index is 11.7. The number of rotatable bonds is 7. The summed E-state index contributed by atoms with van der Waals surface area (Å²) < 4.78 is 5.43. The number of nitrogens with one attached hydrogen (secondary N) is 1. The fourth-order valence-corrected chi connectivity index (χ4v) is 3.62. The van der Waals surface area contributed by atoms with Gasteiger partial charge in [0.05, 0.1) is 17.9 Å². The highest BCUT2D eigenvalue weighted by Crippen LogP contribution is 2.28. The number of ether oxygens (including phenoxy) is 1. The summed E-state index contributed by atoms with van der Waals surface area (Å²) in [7, 11) is 0. The predicted octanol–water partition coefficient (Wildman–Crippen LogP) is 1.96. The molecule has 1 saturated carbocycles. The molecule has 1 aliphatic carbocycles. The van der Waals surface area contributed by atoms with E-state index in [0.29, 0.717) is 28.9 Å². The molecule has 0 atom stereocenters. The van der Waals surface area contributed by atoms with Gasteiger partial charge in [0.1, 0.15) is 12.4 Å². The number of benzene rings is 1. The number of carbonyl (C=O) groups is 2. The van der Waals surface area contributed by atoms with Crippen LogP contribution in [0.3, 0.4) is 0 Å². The third-order valence-corrected chi connectivity index (χ3v) is 5.08. The van der Waals surface area contributed by atoms with Crippen molar-refractivity contribution in [2.75, 3.05) is 18.9 Å². The topological polar surface area (TPSA) is 81.4 Å². The van der Waals surface area contributed by atoms with Crippen molar-refractivity contribution >= 4 is 23.6 Å². The Hall–Kier alpha value is -2.13. The maximum Gasteiger partial charge on any atom is 0.252 e. The number of thioether (sulfide) groups is 1. The Balaban J connectivity index is 1.63. The van der Waals surface area contributed by atoms with Crippen LogP contribution in [0.4, 0.5) is 0 Å². The molecule has 24 heavy (non-hydrogen) atoms. The van der Waals surface area contributed by atoms with Gasteiger partial charge in [-0.25, -0.2) is 0 Å². The van der Waals surface area contributed by atoms with Gasteiger partial charge in [0.2, 0.25) is 5.91 Å². The van der Waals surface area contributed by atoms with E-state index >= 15 is 0 Å². The minimum Gasteiger partial charge on any atom is -0.480 e. The quantitative estimate of drug-likeness (QED) is 0.740. The van der Waals surface area contributed by atoms with Crippen molar-refractivity contribution in [2.24, 2.45) is 5.73 Å². The molecule has 2 amide bonds. The van der Waals surface area contributed by atoms with Crippen molar-refractivity contribution in [1.29, 1.82) is 0 Å². The summed E-state index contributed by atoms with van der Waals surface area (Å²) in [6.45, 7) is 0.432. The molecule has 1 aromatic rings. The number of primary amides is 1. The lowest BCUT2D eigenvalue weighted by Gasteiger charge is -2.07. The molecule has 0 radical (unpaired) electrons. The van der Waals surface area contributed by atoms with Gasteiger partial charge < -0.3 is 15.8 Å². The Morgan fingerprint density at radius 1 is 1.25 bits per heavy atom. The first-order chi connectivity index (χ1) is 11.7. The lowest BCUT2D eigenvalue weighted by molar-refractivity contribution is -0.118. The van der Waals surface area contributed by atoms with E-state index in [2.05, 4.69) is 17.2 Å². The van der Waals surface area contributed by atoms with Crippen LogP contribution in [0.15, 0.2) is 24.3 Å². The number of hydrogen-bond acceptors (Lipinski definition) is 4. The van der Waals surface area contributed by atoms with Gasteiger partial charge in [0.25, 0.3) is 5.91 Å². The molecular formula is C18H22N2O3S. The van der Waals surface area contributed by atoms with Gasteiger partial charge in [0, 0.05) is 5.25 Å². The smallest absolute Gasteiger partial charge is 0.252 e. The minimum atomic E-state index is -0.536. The van der Waals surface area contributed by atoms with Crippen molar-refractivity contribution < 1.29 is 14.3 Å². The van der Waals surface area contributed by atoms with Crippen LogP contribution in [-0.4, -0.2) is 36.0 Å². The first-order valence-corrected chi connectivity index (χ1v) is 9.07. The summed E-state index contributed by atoms with van der Waals surface area (Å²) in [5.74, 6) is 6.02. The number of amides is 2. The maximum atomic E-state index is 11.7. The largest absolute Gasteiger partial charge is 0.480 e. The van der Waals surface area contributed by atoms with Crippen LogP contribution in [-0.2, 0) is 4.79 Å². The van der Waals surface area contributed by atoms with Crippen LogP contribution in [0.1, 0.15) is 36.0 Å². The van der Waals surface area contributed by atoms with Crippen LogP contribution >= 0.6 is 11.8 Å². The second-order valence-corrected chi connectivity index (χ2v) is 6.79. The van der Waals surface area contributed by atoms with Crippen LogP contribution in [0.25, 0.3) is 0 Å². The van der Waals surface area contributed by atoms with E-state index < -0.39 is 5.91 Å². The standard InChI is InChI=1S/C18H22N2O3S/c19-18(22)15-9-3-4-10-16(15)23-12-6-5-11-20-17(21)13-24-14-7-1-2-8-14/h3-4,9-10,14H,1-2,7-8,11-13H2,(H2,19,22)(H,20,21). The molecule has 0 bridgehead atoms. The van der Waals surface area contributed by atoms with Crippen molar-refractivity contribution in [3.8, 4) is 17.6 Å². The van der Waals surface area contributed by atoms with Gasteiger partial charge in [-0.2, -0.15) is 0 Å². The molecular weight excluding hydrogens is 324 g/mol. The zero-order chi connectivity index (χ0) is 17.2. The van der Waals surface area contributed by atoms with Crippen molar-refractivity contribution in [1.82, 2.24) is 5.32 Å². The Labute approximate surface area is 146 Å². The van der Waals surface area contributed by atoms with Gasteiger partial charge in [-0.05, 0) is 25.0 Å². The van der Waals surface area contributed by atoms with E-state index in [1.807, 2.05) is 0 Å². The molecule has 1 fully saturated rings. The first-order valence-electron chi connectivity index (χ1n) is 8.02. The second kappa shape index (κ2) is 9.89. The molecule has 0 saturated heterocycles. The van der Waals surface area contributed by atoms with Gasteiger partial charge in [-0.3, -0.25) is 9.59 Å². The molecule has 0 heterocycles. The molecule has 5 nitrogen and oxygen atoms in total. The third-order valence-electron chi connectivity index (χ3n) is 3.70. The first kappa shape index (κ1) is 18.2. The van der Waals surface area contributed by atoms with Crippen LogP contribution in [0.5, 0.6) is 5.75 Å². The lowest BCUT2D eigenvalue weighted by atomic mass is 10.2. The van der Waals surface area contributed by atoms with E-state index in [4.69, 9.17) is 10.5 Å². The number of nitrogens with two attached hydrogens (primary N) is 1. The SMILES string of the molecule is NC(=O)c1ccccc1OCC#CCNC(=O)CSC1CCCC1. The summed E-state index contributed by atoms with van der Waals surface area (Å²) in [4.78, 5) is 22.9. The predicted molar refractivity (Wildman–Crippen MR) is 96.0 cm³/mol. The molecule has 0 unspecified atom stereocenters. The summed E-state index contributed by atoms with van der Waals surface area (Å²) in [5, 5.41) is 3.41. The molecule has 1 aromatic carbocycles. The summed E-state index contributed by atoms with van der Waals surface area (Å²) >= 11 is 1.73. The lowest BCUT2D eigenvalue weighted by Crippen LogP contribution is -2.26. The average Bonchev–Trinajstić information content (AvgIpc) is 3.10. The molecule has 1 aliphatic rings. The average molecular weight is 346 g/mol. The van der Waals surface area contributed by atoms with Gasteiger partial charge in [-0.1, -0.05) is 36.8 Å². The molecule has 0 spiro atoms. The molecule has 128 valence electrons. The second-order valence-electron chi connectivity index (χ2n) is 5.50. The summed E-state index contributed by atoms with van der Waals surface area (Å²) in [6.07, 6.45) is 5.01. The molecule has 3 N–H and O–H groups in total. The van der Waals surface area contributed by atoms with Gasteiger partial charge >= 0.3 is 0 Å². The summed E-state index contributed by atoms with van der Waals surface area (Å²) in [6, 6.07) is 6.76. The summed E-state index contributed by atoms with van der Waals surface area (Å²) in [5.41, 5.74) is 5.60. The molecule has 6 heteroatoms. The van der Waals surface area contributed by atoms with E-state index in [-0.39, 0.29) is 12.5 Å². The van der Waals surface area contributed by atoms with Crippen LogP contribution < -0.4 is 15.8 Å². The van der Waals surface area contributed by atoms with E-state index in [0.717, 1.165) is 0 Å². The molecule has 0 aromatic heterocycles. The highest BCUT2D eigenvalue weighted by molar-refractivity contribution is 8.00. The molecule has 0 aliphatic heterocycles. The number of hydrogen-bond donors (Lipinski definition) is 2. The third kappa shape index (κ3) is 6.17. The van der Waals surface area contributed by atoms with Gasteiger partial charge in [-0.15, -0.1) is 11.8 Å². The molecule has 2 rings (SSSR count). The Kier molecular flexibility index (Phi) is 7.50. The fourth-order valence-electron chi connectivity index (χ4n) is 2.47. The Morgan fingerprint density at radius 2 is 2.00 bits per heavy atom. The highest BCUT2D eigenvalue weighted by atomic mass is 32.2. The van der Waals surface area contributed by atoms with E-state index in [1.165, 1.54) is 25.7 Å².